The number of hydrogen-bond acceptors (Lipinski definition) is 2. The zero-order valence-corrected chi connectivity index (χ0v) is 8.08. The third-order valence-corrected chi connectivity index (χ3v) is 1.60. The maximum absolute atomic E-state index is 5.35. The smallest absolute Gasteiger partial charge is 0.186 e. The molecule has 0 radical (unpaired) electrons. The molecule has 0 unspecified atom stereocenters. The van der Waals surface area contributed by atoms with Crippen molar-refractivity contribution in [2.45, 2.75) is 13.8 Å². The molecule has 1 rings (SSSR count). The van der Waals surface area contributed by atoms with Crippen molar-refractivity contribution in [1.82, 2.24) is 0 Å². The van der Waals surface area contributed by atoms with Crippen LogP contribution in [0.4, 0.5) is 5.69 Å². The normalized spacial score (nSPS) is 11.1. The Morgan fingerprint density at radius 3 is 2.62 bits per heavy atom. The van der Waals surface area contributed by atoms with Gasteiger partial charge in [-0.2, -0.15) is 0 Å². The van der Waals surface area contributed by atoms with Gasteiger partial charge in [-0.1, -0.05) is 18.2 Å². The van der Waals surface area contributed by atoms with Crippen LogP contribution in [0.1, 0.15) is 13.8 Å². The molecule has 1 aromatic rings. The van der Waals surface area contributed by atoms with Crippen molar-refractivity contribution in [2.24, 2.45) is 0 Å². The van der Waals surface area contributed by atoms with Gasteiger partial charge in [0.1, 0.15) is 0 Å². The first kappa shape index (κ1) is 9.65. The van der Waals surface area contributed by atoms with Crippen LogP contribution in [0.25, 0.3) is 0 Å². The Balaban J connectivity index is 2.58. The second kappa shape index (κ2) is 5.25. The van der Waals surface area contributed by atoms with Crippen LogP contribution in [-0.4, -0.2) is 6.61 Å². The number of ether oxygens (including phenoxy) is 1. The number of allylic oxidation sites excluding steroid dienone is 1. The van der Waals surface area contributed by atoms with Gasteiger partial charge in [0.15, 0.2) is 5.88 Å². The molecule has 1 N–H and O–H groups in total. The number of para-hydroxylation sites is 1. The van der Waals surface area contributed by atoms with Gasteiger partial charge in [-0.25, -0.2) is 0 Å². The molecule has 0 aliphatic heterocycles. The highest BCUT2D eigenvalue weighted by Crippen LogP contribution is 2.09. The highest BCUT2D eigenvalue weighted by molar-refractivity contribution is 5.46. The summed E-state index contributed by atoms with van der Waals surface area (Å²) in [5, 5.41) is 3.17. The second-order valence-corrected chi connectivity index (χ2v) is 2.58. The van der Waals surface area contributed by atoms with Crippen molar-refractivity contribution < 1.29 is 4.74 Å². The topological polar surface area (TPSA) is 21.3 Å². The summed E-state index contributed by atoms with van der Waals surface area (Å²) in [7, 11) is 0. The number of nitrogens with one attached hydrogen (secondary N) is 1. The summed E-state index contributed by atoms with van der Waals surface area (Å²) in [5.41, 5.74) is 1.05. The molecule has 0 aromatic heterocycles. The van der Waals surface area contributed by atoms with Crippen molar-refractivity contribution in [1.29, 1.82) is 0 Å². The van der Waals surface area contributed by atoms with Gasteiger partial charge in [-0.3, -0.25) is 0 Å². The van der Waals surface area contributed by atoms with Gasteiger partial charge in [-0.15, -0.1) is 0 Å². The van der Waals surface area contributed by atoms with E-state index in [1.54, 1.807) is 0 Å². The average molecular weight is 177 g/mol. The molecule has 2 nitrogen and oxygen atoms in total. The maximum atomic E-state index is 5.35. The predicted octanol–water partition coefficient (Wildman–Crippen LogP) is 3.00. The predicted molar refractivity (Wildman–Crippen MR) is 55.4 cm³/mol. The molecular formula is C11H15NO. The van der Waals surface area contributed by atoms with Gasteiger partial charge in [0.25, 0.3) is 0 Å². The minimum atomic E-state index is 0.680. The minimum absolute atomic E-state index is 0.680. The van der Waals surface area contributed by atoms with E-state index in [0.29, 0.717) is 6.61 Å². The molecule has 0 fully saturated rings. The number of rotatable bonds is 4. The quantitative estimate of drug-likeness (QED) is 0.714. The van der Waals surface area contributed by atoms with E-state index >= 15 is 0 Å². The molecule has 0 bridgehead atoms. The Hall–Kier alpha value is -1.44. The van der Waals surface area contributed by atoms with Gasteiger partial charge in [-0.05, 0) is 32.1 Å². The molecule has 0 heterocycles. The molecular weight excluding hydrogens is 162 g/mol. The lowest BCUT2D eigenvalue weighted by atomic mass is 10.3. The fraction of sp³-hybridized carbons (Fsp3) is 0.273. The van der Waals surface area contributed by atoms with E-state index in [1.165, 1.54) is 0 Å². The van der Waals surface area contributed by atoms with E-state index in [4.69, 9.17) is 4.74 Å². The van der Waals surface area contributed by atoms with E-state index in [1.807, 2.05) is 50.3 Å². The monoisotopic (exact) mass is 177 g/mol. The fourth-order valence-corrected chi connectivity index (χ4v) is 1.01. The maximum Gasteiger partial charge on any atom is 0.186 e. The Morgan fingerprint density at radius 2 is 2.08 bits per heavy atom. The van der Waals surface area contributed by atoms with E-state index in [0.717, 1.165) is 11.6 Å². The lowest BCUT2D eigenvalue weighted by molar-refractivity contribution is 0.234. The van der Waals surface area contributed by atoms with Crippen molar-refractivity contribution in [2.75, 3.05) is 11.9 Å². The van der Waals surface area contributed by atoms with Crippen molar-refractivity contribution in [3.63, 3.8) is 0 Å². The van der Waals surface area contributed by atoms with E-state index in [2.05, 4.69) is 5.32 Å². The zero-order chi connectivity index (χ0) is 9.52. The van der Waals surface area contributed by atoms with Gasteiger partial charge in [0.2, 0.25) is 0 Å². The Morgan fingerprint density at radius 1 is 1.38 bits per heavy atom. The molecule has 2 heteroatoms. The van der Waals surface area contributed by atoms with Crippen LogP contribution in [0.2, 0.25) is 0 Å². The first-order valence-corrected chi connectivity index (χ1v) is 4.48. The van der Waals surface area contributed by atoms with Crippen molar-refractivity contribution >= 4 is 5.69 Å². The first-order chi connectivity index (χ1) is 6.36. The van der Waals surface area contributed by atoms with Gasteiger partial charge in [0, 0.05) is 5.69 Å². The lowest BCUT2D eigenvalue weighted by Crippen LogP contribution is -2.03. The average Bonchev–Trinajstić information content (AvgIpc) is 2.19. The molecule has 0 amide bonds. The van der Waals surface area contributed by atoms with E-state index in [9.17, 15) is 0 Å². The Labute approximate surface area is 79.2 Å². The van der Waals surface area contributed by atoms with Crippen LogP contribution in [0.5, 0.6) is 0 Å². The van der Waals surface area contributed by atoms with Crippen molar-refractivity contribution in [3.8, 4) is 0 Å². The molecule has 0 saturated heterocycles. The second-order valence-electron chi connectivity index (χ2n) is 2.58. The highest BCUT2D eigenvalue weighted by Gasteiger charge is 1.94. The van der Waals surface area contributed by atoms with Crippen LogP contribution in [0, 0.1) is 0 Å². The summed E-state index contributed by atoms with van der Waals surface area (Å²) in [6, 6.07) is 9.97. The molecule has 1 aromatic carbocycles. The molecule has 70 valence electrons. The highest BCUT2D eigenvalue weighted by atomic mass is 16.5. The Bertz CT molecular complexity index is 267. The first-order valence-electron chi connectivity index (χ1n) is 4.48. The third-order valence-electron chi connectivity index (χ3n) is 1.60. The van der Waals surface area contributed by atoms with Crippen molar-refractivity contribution in [3.05, 3.63) is 42.3 Å². The fourth-order valence-electron chi connectivity index (χ4n) is 1.01. The third kappa shape index (κ3) is 3.20. The summed E-state index contributed by atoms with van der Waals surface area (Å²) >= 11 is 0. The van der Waals surface area contributed by atoms with Crippen LogP contribution >= 0.6 is 0 Å². The summed E-state index contributed by atoms with van der Waals surface area (Å²) < 4.78 is 5.35. The minimum Gasteiger partial charge on any atom is -0.479 e. The van der Waals surface area contributed by atoms with Gasteiger partial charge in [0.05, 0.1) is 6.61 Å². The number of anilines is 1. The molecule has 0 atom stereocenters. The summed E-state index contributed by atoms with van der Waals surface area (Å²) in [6.45, 7) is 4.59. The summed E-state index contributed by atoms with van der Waals surface area (Å²) in [6.07, 6.45) is 1.91. The summed E-state index contributed by atoms with van der Waals surface area (Å²) in [4.78, 5) is 0. The van der Waals surface area contributed by atoms with E-state index in [-0.39, 0.29) is 0 Å². The van der Waals surface area contributed by atoms with E-state index < -0.39 is 0 Å². The summed E-state index contributed by atoms with van der Waals surface area (Å²) in [5.74, 6) is 0.800. The number of hydrogen-bond donors (Lipinski definition) is 1. The van der Waals surface area contributed by atoms with Crippen LogP contribution in [0.3, 0.4) is 0 Å². The van der Waals surface area contributed by atoms with Crippen LogP contribution in [0.15, 0.2) is 42.3 Å². The van der Waals surface area contributed by atoms with Crippen LogP contribution in [-0.2, 0) is 4.74 Å². The Kier molecular flexibility index (Phi) is 3.89. The molecule has 0 aliphatic rings. The number of benzene rings is 1. The van der Waals surface area contributed by atoms with Crippen LogP contribution < -0.4 is 5.32 Å². The largest absolute Gasteiger partial charge is 0.479 e. The lowest BCUT2D eigenvalue weighted by Gasteiger charge is -2.10. The van der Waals surface area contributed by atoms with Gasteiger partial charge < -0.3 is 10.1 Å². The van der Waals surface area contributed by atoms with Gasteiger partial charge >= 0.3 is 0 Å². The molecule has 0 spiro atoms. The molecule has 0 aliphatic carbocycles. The SMILES string of the molecule is C/C=C(\Nc1ccccc1)OCC. The standard InChI is InChI=1S/C11H15NO/c1-3-11(13-4-2)12-10-8-6-5-7-9-10/h3,5-9,12H,4H2,1-2H3/b11-3+. The zero-order valence-electron chi connectivity index (χ0n) is 8.08. The molecule has 13 heavy (non-hydrogen) atoms. The molecule has 0 saturated carbocycles.